The molecule has 0 N–H and O–H groups in total. The summed E-state index contributed by atoms with van der Waals surface area (Å²) in [5, 5.41) is 0. The molecule has 1 aliphatic rings. The lowest BCUT2D eigenvalue weighted by Crippen LogP contribution is -2.23. The van der Waals surface area contributed by atoms with Crippen LogP contribution in [-0.2, 0) is 11.3 Å². The fourth-order valence-electron chi connectivity index (χ4n) is 2.34. The Labute approximate surface area is 117 Å². The van der Waals surface area contributed by atoms with Crippen molar-refractivity contribution in [3.63, 3.8) is 0 Å². The third-order valence-corrected chi connectivity index (χ3v) is 4.06. The highest BCUT2D eigenvalue weighted by molar-refractivity contribution is 9.10. The first-order valence-corrected chi connectivity index (χ1v) is 7.19. The van der Waals surface area contributed by atoms with Crippen LogP contribution in [0.3, 0.4) is 0 Å². The van der Waals surface area contributed by atoms with Crippen LogP contribution in [-0.4, -0.2) is 37.8 Å². The average Bonchev–Trinajstić information content (AvgIpc) is 2.82. The lowest BCUT2D eigenvalue weighted by atomic mass is 10.2. The van der Waals surface area contributed by atoms with Crippen LogP contribution in [0.25, 0.3) is 0 Å². The van der Waals surface area contributed by atoms with Gasteiger partial charge in [0, 0.05) is 36.8 Å². The minimum atomic E-state index is 0.378. The Balaban J connectivity index is 2.08. The lowest BCUT2D eigenvalue weighted by Gasteiger charge is -2.19. The zero-order valence-electron chi connectivity index (χ0n) is 11.0. The molecule has 0 saturated carbocycles. The van der Waals surface area contributed by atoms with E-state index in [0.717, 1.165) is 36.3 Å². The highest BCUT2D eigenvalue weighted by Crippen LogP contribution is 2.29. The maximum Gasteiger partial charge on any atom is 0.124 e. The van der Waals surface area contributed by atoms with E-state index in [0.29, 0.717) is 12.7 Å². The molecular weight excluding hydrogens is 294 g/mol. The van der Waals surface area contributed by atoms with Crippen LogP contribution in [0.2, 0.25) is 0 Å². The van der Waals surface area contributed by atoms with E-state index in [1.165, 1.54) is 5.56 Å². The Morgan fingerprint density at radius 1 is 1.44 bits per heavy atom. The Bertz CT molecular complexity index is 397. The Kier molecular flexibility index (Phi) is 5.03. The molecule has 1 aliphatic heterocycles. The molecule has 1 aromatic rings. The molecule has 3 nitrogen and oxygen atoms in total. The van der Waals surface area contributed by atoms with E-state index in [4.69, 9.17) is 9.47 Å². The van der Waals surface area contributed by atoms with Gasteiger partial charge in [0.05, 0.1) is 12.7 Å². The number of likely N-dealkylation sites (tertiary alicyclic amines) is 1. The van der Waals surface area contributed by atoms with Crippen LogP contribution in [0, 0.1) is 0 Å². The fourth-order valence-corrected chi connectivity index (χ4v) is 2.81. The summed E-state index contributed by atoms with van der Waals surface area (Å²) in [6, 6.07) is 6.12. The first-order chi connectivity index (χ1) is 8.74. The second-order valence-electron chi connectivity index (χ2n) is 4.53. The van der Waals surface area contributed by atoms with Crippen molar-refractivity contribution in [2.45, 2.75) is 26.0 Å². The molecule has 0 radical (unpaired) electrons. The monoisotopic (exact) mass is 313 g/mol. The molecule has 0 spiro atoms. The fraction of sp³-hybridized carbons (Fsp3) is 0.571. The third-order valence-electron chi connectivity index (χ3n) is 3.32. The summed E-state index contributed by atoms with van der Waals surface area (Å²) in [5.41, 5.74) is 1.23. The Morgan fingerprint density at radius 3 is 2.94 bits per heavy atom. The molecule has 0 bridgehead atoms. The van der Waals surface area contributed by atoms with Crippen molar-refractivity contribution in [3.05, 3.63) is 28.2 Å². The maximum absolute atomic E-state index is 5.69. The second kappa shape index (κ2) is 6.55. The van der Waals surface area contributed by atoms with E-state index in [9.17, 15) is 0 Å². The third kappa shape index (κ3) is 3.25. The molecule has 1 saturated heterocycles. The molecule has 0 aromatic heterocycles. The van der Waals surface area contributed by atoms with Gasteiger partial charge in [0.2, 0.25) is 0 Å². The maximum atomic E-state index is 5.69. The summed E-state index contributed by atoms with van der Waals surface area (Å²) in [5.74, 6) is 0.979. The van der Waals surface area contributed by atoms with Crippen molar-refractivity contribution in [3.8, 4) is 5.75 Å². The second-order valence-corrected chi connectivity index (χ2v) is 5.39. The minimum Gasteiger partial charge on any atom is -0.494 e. The number of methoxy groups -OCH3 is 1. The highest BCUT2D eigenvalue weighted by atomic mass is 79.9. The number of benzene rings is 1. The van der Waals surface area contributed by atoms with Crippen LogP contribution < -0.4 is 4.74 Å². The van der Waals surface area contributed by atoms with Gasteiger partial charge in [0.25, 0.3) is 0 Å². The molecule has 100 valence electrons. The smallest absolute Gasteiger partial charge is 0.124 e. The van der Waals surface area contributed by atoms with E-state index >= 15 is 0 Å². The SMILES string of the molecule is CCOc1cccc(Br)c1CN1CCC(OC)C1. The van der Waals surface area contributed by atoms with Crippen LogP contribution in [0.15, 0.2) is 22.7 Å². The molecule has 1 atom stereocenters. The molecule has 4 heteroatoms. The van der Waals surface area contributed by atoms with Gasteiger partial charge >= 0.3 is 0 Å². The summed E-state index contributed by atoms with van der Waals surface area (Å²) >= 11 is 3.62. The number of halogens is 1. The van der Waals surface area contributed by atoms with Gasteiger partial charge in [0.1, 0.15) is 5.75 Å². The molecule has 2 rings (SSSR count). The topological polar surface area (TPSA) is 21.7 Å². The minimum absolute atomic E-state index is 0.378. The number of hydrogen-bond acceptors (Lipinski definition) is 3. The van der Waals surface area contributed by atoms with Crippen LogP contribution in [0.4, 0.5) is 0 Å². The van der Waals surface area contributed by atoms with Crippen LogP contribution in [0.1, 0.15) is 18.9 Å². The summed E-state index contributed by atoms with van der Waals surface area (Å²) in [6.07, 6.45) is 1.49. The van der Waals surface area contributed by atoms with E-state index in [1.807, 2.05) is 19.1 Å². The predicted octanol–water partition coefficient (Wildman–Crippen LogP) is 3.07. The molecule has 1 heterocycles. The number of ether oxygens (including phenoxy) is 2. The molecule has 0 aliphatic carbocycles. The van der Waals surface area contributed by atoms with Gasteiger partial charge in [-0.05, 0) is 25.5 Å². The van der Waals surface area contributed by atoms with Gasteiger partial charge in [0.15, 0.2) is 0 Å². The highest BCUT2D eigenvalue weighted by Gasteiger charge is 2.23. The summed E-state index contributed by atoms with van der Waals surface area (Å²) in [7, 11) is 1.79. The average molecular weight is 314 g/mol. The van der Waals surface area contributed by atoms with Crippen molar-refractivity contribution in [1.82, 2.24) is 4.90 Å². The normalized spacial score (nSPS) is 20.3. The van der Waals surface area contributed by atoms with E-state index in [2.05, 4.69) is 26.9 Å². The van der Waals surface area contributed by atoms with Crippen molar-refractivity contribution in [1.29, 1.82) is 0 Å². The van der Waals surface area contributed by atoms with Gasteiger partial charge in [-0.3, -0.25) is 4.90 Å². The number of nitrogens with zero attached hydrogens (tertiary/aromatic N) is 1. The van der Waals surface area contributed by atoms with Gasteiger partial charge in [-0.2, -0.15) is 0 Å². The van der Waals surface area contributed by atoms with Crippen molar-refractivity contribution in [2.24, 2.45) is 0 Å². The summed E-state index contributed by atoms with van der Waals surface area (Å²) in [4.78, 5) is 2.41. The van der Waals surface area contributed by atoms with Crippen molar-refractivity contribution >= 4 is 15.9 Å². The molecule has 1 aromatic carbocycles. The first kappa shape index (κ1) is 13.8. The Morgan fingerprint density at radius 2 is 2.28 bits per heavy atom. The number of rotatable bonds is 5. The summed E-state index contributed by atoms with van der Waals surface area (Å²) < 4.78 is 12.2. The van der Waals surface area contributed by atoms with Crippen molar-refractivity contribution in [2.75, 3.05) is 26.8 Å². The van der Waals surface area contributed by atoms with E-state index in [-0.39, 0.29) is 0 Å². The largest absolute Gasteiger partial charge is 0.494 e. The van der Waals surface area contributed by atoms with Crippen LogP contribution in [0.5, 0.6) is 5.75 Å². The standard InChI is InChI=1S/C14H20BrNO2/c1-3-18-14-6-4-5-13(15)12(14)10-16-8-7-11(9-16)17-2/h4-6,11H,3,7-10H2,1-2H3. The molecule has 0 amide bonds. The summed E-state index contributed by atoms with van der Waals surface area (Å²) in [6.45, 7) is 5.72. The quantitative estimate of drug-likeness (QED) is 0.834. The molecule has 1 unspecified atom stereocenters. The molecular formula is C14H20BrNO2. The Hall–Kier alpha value is -0.580. The molecule has 18 heavy (non-hydrogen) atoms. The lowest BCUT2D eigenvalue weighted by molar-refractivity contribution is 0.107. The zero-order valence-corrected chi connectivity index (χ0v) is 12.6. The zero-order chi connectivity index (χ0) is 13.0. The molecule has 1 fully saturated rings. The van der Waals surface area contributed by atoms with Crippen LogP contribution >= 0.6 is 15.9 Å². The van der Waals surface area contributed by atoms with Crippen molar-refractivity contribution < 1.29 is 9.47 Å². The first-order valence-electron chi connectivity index (χ1n) is 6.40. The predicted molar refractivity (Wildman–Crippen MR) is 76.0 cm³/mol. The van der Waals surface area contributed by atoms with Gasteiger partial charge in [-0.25, -0.2) is 0 Å². The van der Waals surface area contributed by atoms with Gasteiger partial charge in [-0.1, -0.05) is 22.0 Å². The number of hydrogen-bond donors (Lipinski definition) is 0. The van der Waals surface area contributed by atoms with Gasteiger partial charge < -0.3 is 9.47 Å². The van der Waals surface area contributed by atoms with E-state index < -0.39 is 0 Å². The van der Waals surface area contributed by atoms with Gasteiger partial charge in [-0.15, -0.1) is 0 Å². The van der Waals surface area contributed by atoms with E-state index in [1.54, 1.807) is 7.11 Å².